The van der Waals surface area contributed by atoms with Crippen LogP contribution in [0.3, 0.4) is 0 Å². The van der Waals surface area contributed by atoms with E-state index >= 15 is 0 Å². The predicted molar refractivity (Wildman–Crippen MR) is 98.5 cm³/mol. The summed E-state index contributed by atoms with van der Waals surface area (Å²) in [6, 6.07) is 7.55. The number of benzene rings is 1. The zero-order chi connectivity index (χ0) is 18.8. The maximum atomic E-state index is 12.6. The Balaban J connectivity index is 1.28. The summed E-state index contributed by atoms with van der Waals surface area (Å²) in [4.78, 5) is 28.7. The number of fused-ring (bicyclic) bond motifs is 1. The molecule has 1 aromatic heterocycles. The summed E-state index contributed by atoms with van der Waals surface area (Å²) in [7, 11) is 1.94. The van der Waals surface area contributed by atoms with E-state index in [2.05, 4.69) is 0 Å². The Bertz CT molecular complexity index is 853. The van der Waals surface area contributed by atoms with Crippen LogP contribution in [0.2, 0.25) is 0 Å². The fourth-order valence-corrected chi connectivity index (χ4v) is 3.49. The summed E-state index contributed by atoms with van der Waals surface area (Å²) >= 11 is 0. The molecule has 0 bridgehead atoms. The van der Waals surface area contributed by atoms with Crippen molar-refractivity contribution in [3.63, 3.8) is 0 Å². The molecule has 1 saturated heterocycles. The van der Waals surface area contributed by atoms with E-state index in [-0.39, 0.29) is 18.6 Å². The van der Waals surface area contributed by atoms with Gasteiger partial charge in [0, 0.05) is 45.6 Å². The fraction of sp³-hybridized carbons (Fsp3) is 0.400. The number of hydrogen-bond donors (Lipinski definition) is 0. The molecule has 142 valence electrons. The van der Waals surface area contributed by atoms with Gasteiger partial charge in [0.05, 0.1) is 12.8 Å². The molecular weight excluding hydrogens is 346 g/mol. The van der Waals surface area contributed by atoms with E-state index in [1.54, 1.807) is 0 Å². The van der Waals surface area contributed by atoms with Crippen molar-refractivity contribution in [1.82, 2.24) is 14.4 Å². The second-order valence-electron chi connectivity index (χ2n) is 6.99. The summed E-state index contributed by atoms with van der Waals surface area (Å²) < 4.78 is 12.6. The zero-order valence-electron chi connectivity index (χ0n) is 15.4. The summed E-state index contributed by atoms with van der Waals surface area (Å²) in [6.07, 6.45) is 4.64. The molecule has 1 aromatic carbocycles. The second kappa shape index (κ2) is 7.34. The zero-order valence-corrected chi connectivity index (χ0v) is 15.4. The maximum absolute atomic E-state index is 12.6. The van der Waals surface area contributed by atoms with Gasteiger partial charge in [-0.05, 0) is 29.3 Å². The molecule has 2 aliphatic heterocycles. The van der Waals surface area contributed by atoms with Crippen LogP contribution in [-0.4, -0.2) is 59.2 Å². The van der Waals surface area contributed by atoms with Crippen LogP contribution >= 0.6 is 0 Å². The van der Waals surface area contributed by atoms with Gasteiger partial charge in [-0.1, -0.05) is 6.07 Å². The first kappa shape index (κ1) is 17.5. The molecule has 0 spiro atoms. The van der Waals surface area contributed by atoms with E-state index in [9.17, 15) is 9.59 Å². The number of carbonyl (C=O) groups excluding carboxylic acids is 2. The van der Waals surface area contributed by atoms with Crippen molar-refractivity contribution >= 4 is 11.8 Å². The van der Waals surface area contributed by atoms with Crippen LogP contribution in [0.1, 0.15) is 11.1 Å². The molecular formula is C20H23N3O4. The van der Waals surface area contributed by atoms with Gasteiger partial charge in [0.2, 0.25) is 18.6 Å². The molecule has 2 aromatic rings. The van der Waals surface area contributed by atoms with Crippen molar-refractivity contribution in [2.45, 2.75) is 12.8 Å². The average molecular weight is 369 g/mol. The minimum absolute atomic E-state index is 0.0732. The summed E-state index contributed by atoms with van der Waals surface area (Å²) in [6.45, 7) is 2.54. The number of amides is 2. The molecule has 2 aliphatic rings. The first-order valence-corrected chi connectivity index (χ1v) is 9.13. The molecule has 1 fully saturated rings. The van der Waals surface area contributed by atoms with Crippen LogP contribution in [-0.2, 0) is 29.5 Å². The molecule has 0 saturated carbocycles. The van der Waals surface area contributed by atoms with Crippen LogP contribution in [0.25, 0.3) is 0 Å². The van der Waals surface area contributed by atoms with Gasteiger partial charge in [-0.25, -0.2) is 0 Å². The van der Waals surface area contributed by atoms with Crippen molar-refractivity contribution in [2.75, 3.05) is 33.0 Å². The van der Waals surface area contributed by atoms with Crippen LogP contribution < -0.4 is 9.47 Å². The third kappa shape index (κ3) is 3.92. The quantitative estimate of drug-likeness (QED) is 0.813. The Kier molecular flexibility index (Phi) is 4.75. The van der Waals surface area contributed by atoms with Crippen LogP contribution in [0.5, 0.6) is 11.5 Å². The predicted octanol–water partition coefficient (Wildman–Crippen LogP) is 1.21. The smallest absolute Gasteiger partial charge is 0.231 e. The van der Waals surface area contributed by atoms with Gasteiger partial charge in [-0.15, -0.1) is 0 Å². The number of carbonyl (C=O) groups is 2. The van der Waals surface area contributed by atoms with Gasteiger partial charge in [0.25, 0.3) is 0 Å². The number of rotatable bonds is 4. The Morgan fingerprint density at radius 2 is 1.52 bits per heavy atom. The standard InChI is InChI=1S/C20H23N3O4/c1-21-5-4-16(13-21)12-20(25)23-8-6-22(7-9-23)19(24)11-15-2-3-17-18(10-15)27-14-26-17/h2-5,10,13H,6-9,11-12,14H2,1H3. The lowest BCUT2D eigenvalue weighted by atomic mass is 10.1. The SMILES string of the molecule is Cn1ccc(CC(=O)N2CCN(C(=O)Cc3ccc4c(c3)OCO4)CC2)c1. The molecule has 7 nitrogen and oxygen atoms in total. The van der Waals surface area contributed by atoms with E-state index in [0.29, 0.717) is 44.8 Å². The third-order valence-corrected chi connectivity index (χ3v) is 5.03. The Labute approximate surface area is 158 Å². The Morgan fingerprint density at radius 3 is 2.15 bits per heavy atom. The summed E-state index contributed by atoms with van der Waals surface area (Å²) in [5, 5.41) is 0. The molecule has 2 amide bonds. The van der Waals surface area contributed by atoms with Crippen molar-refractivity contribution in [3.05, 3.63) is 47.8 Å². The van der Waals surface area contributed by atoms with E-state index in [1.807, 2.05) is 58.1 Å². The number of nitrogens with zero attached hydrogens (tertiary/aromatic N) is 3. The summed E-state index contributed by atoms with van der Waals surface area (Å²) in [5.41, 5.74) is 1.93. The number of aryl methyl sites for hydroxylation is 1. The highest BCUT2D eigenvalue weighted by Crippen LogP contribution is 2.32. The minimum atomic E-state index is 0.0732. The Hall–Kier alpha value is -2.96. The van der Waals surface area contributed by atoms with Crippen molar-refractivity contribution in [1.29, 1.82) is 0 Å². The number of aromatic nitrogens is 1. The topological polar surface area (TPSA) is 64.0 Å². The molecule has 0 aliphatic carbocycles. The molecule has 7 heteroatoms. The number of piperazine rings is 1. The fourth-order valence-electron chi connectivity index (χ4n) is 3.49. The first-order chi connectivity index (χ1) is 13.1. The lowest BCUT2D eigenvalue weighted by Gasteiger charge is -2.35. The van der Waals surface area contributed by atoms with Crippen molar-refractivity contribution < 1.29 is 19.1 Å². The lowest BCUT2D eigenvalue weighted by Crippen LogP contribution is -2.51. The van der Waals surface area contributed by atoms with Gasteiger partial charge in [0.1, 0.15) is 0 Å². The lowest BCUT2D eigenvalue weighted by molar-refractivity contribution is -0.138. The van der Waals surface area contributed by atoms with Crippen molar-refractivity contribution in [2.24, 2.45) is 7.05 Å². The van der Waals surface area contributed by atoms with Crippen LogP contribution in [0.4, 0.5) is 0 Å². The van der Waals surface area contributed by atoms with Crippen LogP contribution in [0, 0.1) is 0 Å². The highest BCUT2D eigenvalue weighted by atomic mass is 16.7. The second-order valence-corrected chi connectivity index (χ2v) is 6.99. The van der Waals surface area contributed by atoms with Crippen LogP contribution in [0.15, 0.2) is 36.7 Å². The molecule has 0 radical (unpaired) electrons. The van der Waals surface area contributed by atoms with E-state index < -0.39 is 0 Å². The number of ether oxygens (including phenoxy) is 2. The van der Waals surface area contributed by atoms with E-state index in [0.717, 1.165) is 16.9 Å². The highest BCUT2D eigenvalue weighted by Gasteiger charge is 2.24. The molecule has 0 atom stereocenters. The highest BCUT2D eigenvalue weighted by molar-refractivity contribution is 5.81. The van der Waals surface area contributed by atoms with Gasteiger partial charge < -0.3 is 23.8 Å². The molecule has 27 heavy (non-hydrogen) atoms. The summed E-state index contributed by atoms with van der Waals surface area (Å²) in [5.74, 6) is 1.60. The molecule has 0 unspecified atom stereocenters. The van der Waals surface area contributed by atoms with Gasteiger partial charge in [0.15, 0.2) is 11.5 Å². The normalized spacial score (nSPS) is 15.9. The average Bonchev–Trinajstić information content (AvgIpc) is 3.30. The van der Waals surface area contributed by atoms with E-state index in [1.165, 1.54) is 0 Å². The molecule has 0 N–H and O–H groups in total. The van der Waals surface area contributed by atoms with Crippen molar-refractivity contribution in [3.8, 4) is 11.5 Å². The number of hydrogen-bond acceptors (Lipinski definition) is 4. The van der Waals surface area contributed by atoms with Gasteiger partial charge in [-0.2, -0.15) is 0 Å². The molecule has 4 rings (SSSR count). The molecule has 3 heterocycles. The first-order valence-electron chi connectivity index (χ1n) is 9.13. The van der Waals surface area contributed by atoms with E-state index in [4.69, 9.17) is 9.47 Å². The monoisotopic (exact) mass is 369 g/mol. The van der Waals surface area contributed by atoms with Gasteiger partial charge >= 0.3 is 0 Å². The Morgan fingerprint density at radius 1 is 0.889 bits per heavy atom. The maximum Gasteiger partial charge on any atom is 0.231 e. The minimum Gasteiger partial charge on any atom is -0.454 e. The third-order valence-electron chi connectivity index (χ3n) is 5.03. The van der Waals surface area contributed by atoms with Gasteiger partial charge in [-0.3, -0.25) is 9.59 Å². The largest absolute Gasteiger partial charge is 0.454 e.